The maximum atomic E-state index is 13.1. The van der Waals surface area contributed by atoms with Crippen molar-refractivity contribution in [3.8, 4) is 0 Å². The van der Waals surface area contributed by atoms with Gasteiger partial charge in [-0.05, 0) is 43.6 Å². The average Bonchev–Trinajstić information content (AvgIpc) is 2.66. The highest BCUT2D eigenvalue weighted by Crippen LogP contribution is 2.30. The molecule has 0 radical (unpaired) electrons. The summed E-state index contributed by atoms with van der Waals surface area (Å²) in [7, 11) is -3.84. The number of carbonyl (C=O) groups excluding carboxylic acids is 1. The smallest absolute Gasteiger partial charge is 0.270 e. The Morgan fingerprint density at radius 2 is 1.72 bits per heavy atom. The number of amides is 1. The van der Waals surface area contributed by atoms with Gasteiger partial charge in [0.15, 0.2) is 0 Å². The van der Waals surface area contributed by atoms with Gasteiger partial charge in [-0.15, -0.1) is 0 Å². The van der Waals surface area contributed by atoms with Crippen molar-refractivity contribution in [2.24, 2.45) is 17.8 Å². The van der Waals surface area contributed by atoms with Crippen LogP contribution in [-0.2, 0) is 14.8 Å². The number of hydrogen-bond acceptors (Lipinski definition) is 5. The number of benzene rings is 1. The number of likely N-dealkylation sites (tertiary alicyclic amines) is 1. The second kappa shape index (κ2) is 8.39. The van der Waals surface area contributed by atoms with Crippen LogP contribution in [0.4, 0.5) is 5.69 Å². The average molecular weight is 424 g/mol. The molecular formula is C20H29N3O5S. The van der Waals surface area contributed by atoms with Crippen LogP contribution in [0.25, 0.3) is 0 Å². The lowest BCUT2D eigenvalue weighted by Gasteiger charge is -2.39. The van der Waals surface area contributed by atoms with Gasteiger partial charge in [0.2, 0.25) is 15.9 Å². The van der Waals surface area contributed by atoms with Gasteiger partial charge in [0.05, 0.1) is 9.82 Å². The highest BCUT2D eigenvalue weighted by atomic mass is 32.2. The van der Waals surface area contributed by atoms with Crippen molar-refractivity contribution in [1.29, 1.82) is 0 Å². The Morgan fingerprint density at radius 3 is 2.28 bits per heavy atom. The fourth-order valence-corrected chi connectivity index (χ4v) is 6.28. The number of nitro groups is 1. The van der Waals surface area contributed by atoms with E-state index < -0.39 is 14.9 Å². The summed E-state index contributed by atoms with van der Waals surface area (Å²) < 4.78 is 27.5. The van der Waals surface area contributed by atoms with Crippen LogP contribution in [-0.4, -0.2) is 54.6 Å². The third-order valence-electron chi connectivity index (χ3n) is 5.98. The SMILES string of the molecule is Cc1ccc([N+](=O)[O-])cc1S(=O)(=O)N1CCC(C(=O)N2CC(C)CC(C)C2)CC1. The molecule has 2 aliphatic heterocycles. The molecule has 1 amide bonds. The van der Waals surface area contributed by atoms with Crippen molar-refractivity contribution in [3.63, 3.8) is 0 Å². The summed E-state index contributed by atoms with van der Waals surface area (Å²) in [5, 5.41) is 11.0. The molecule has 0 aromatic heterocycles. The van der Waals surface area contributed by atoms with Crippen molar-refractivity contribution >= 4 is 21.6 Å². The van der Waals surface area contributed by atoms with Gasteiger partial charge in [-0.3, -0.25) is 14.9 Å². The maximum Gasteiger partial charge on any atom is 0.270 e. The standard InChI is InChI=1S/C20H29N3O5S/c1-14-10-15(2)13-21(12-14)20(24)17-6-8-22(9-7-17)29(27,28)19-11-18(23(25)26)5-4-16(19)3/h4-5,11,14-15,17H,6-10,12-13H2,1-3H3. The van der Waals surface area contributed by atoms with Crippen LogP contribution in [0.1, 0.15) is 38.7 Å². The summed E-state index contributed by atoms with van der Waals surface area (Å²) in [6, 6.07) is 3.89. The Labute approximate surface area is 172 Å². The van der Waals surface area contributed by atoms with E-state index in [0.29, 0.717) is 30.2 Å². The van der Waals surface area contributed by atoms with E-state index in [9.17, 15) is 23.3 Å². The second-order valence-electron chi connectivity index (χ2n) is 8.57. The van der Waals surface area contributed by atoms with Crippen molar-refractivity contribution in [1.82, 2.24) is 9.21 Å². The van der Waals surface area contributed by atoms with Crippen LogP contribution in [0, 0.1) is 34.8 Å². The van der Waals surface area contributed by atoms with E-state index in [4.69, 9.17) is 0 Å². The minimum absolute atomic E-state index is 0.0323. The van der Waals surface area contributed by atoms with Gasteiger partial charge in [-0.1, -0.05) is 19.9 Å². The molecule has 2 saturated heterocycles. The van der Waals surface area contributed by atoms with E-state index in [2.05, 4.69) is 13.8 Å². The monoisotopic (exact) mass is 423 g/mol. The van der Waals surface area contributed by atoms with Gasteiger partial charge in [0, 0.05) is 44.2 Å². The van der Waals surface area contributed by atoms with Crippen molar-refractivity contribution in [2.45, 2.75) is 44.9 Å². The highest BCUT2D eigenvalue weighted by molar-refractivity contribution is 7.89. The van der Waals surface area contributed by atoms with E-state index in [1.807, 2.05) is 4.90 Å². The van der Waals surface area contributed by atoms with E-state index in [-0.39, 0.29) is 35.5 Å². The first-order chi connectivity index (χ1) is 13.6. The van der Waals surface area contributed by atoms with E-state index in [1.165, 1.54) is 16.4 Å². The van der Waals surface area contributed by atoms with Crippen LogP contribution in [0.5, 0.6) is 0 Å². The Balaban J connectivity index is 1.69. The Kier molecular flexibility index (Phi) is 6.28. The van der Waals surface area contributed by atoms with Crippen LogP contribution in [0.3, 0.4) is 0 Å². The molecule has 2 atom stereocenters. The summed E-state index contributed by atoms with van der Waals surface area (Å²) in [6.07, 6.45) is 2.08. The predicted molar refractivity (Wildman–Crippen MR) is 109 cm³/mol. The maximum absolute atomic E-state index is 13.1. The molecule has 9 heteroatoms. The minimum Gasteiger partial charge on any atom is -0.342 e. The number of sulfonamides is 1. The van der Waals surface area contributed by atoms with Gasteiger partial charge in [0.1, 0.15) is 0 Å². The number of carbonyl (C=O) groups is 1. The quantitative estimate of drug-likeness (QED) is 0.547. The molecule has 160 valence electrons. The predicted octanol–water partition coefficient (Wildman–Crippen LogP) is 2.81. The van der Waals surface area contributed by atoms with Crippen molar-refractivity contribution in [3.05, 3.63) is 33.9 Å². The number of hydrogen-bond donors (Lipinski definition) is 0. The first kappa shape index (κ1) is 21.7. The zero-order chi connectivity index (χ0) is 21.3. The summed E-state index contributed by atoms with van der Waals surface area (Å²) in [5.74, 6) is 0.942. The molecule has 29 heavy (non-hydrogen) atoms. The topological polar surface area (TPSA) is 101 Å². The number of nitrogens with zero attached hydrogens (tertiary/aromatic N) is 3. The summed E-state index contributed by atoms with van der Waals surface area (Å²) in [6.45, 7) is 7.99. The van der Waals surface area contributed by atoms with E-state index >= 15 is 0 Å². The summed E-state index contributed by atoms with van der Waals surface area (Å²) in [4.78, 5) is 25.3. The third kappa shape index (κ3) is 4.61. The lowest BCUT2D eigenvalue weighted by atomic mass is 9.89. The normalized spacial score (nSPS) is 24.4. The zero-order valence-electron chi connectivity index (χ0n) is 17.2. The molecule has 0 spiro atoms. The number of nitro benzene ring substituents is 1. The number of aryl methyl sites for hydroxylation is 1. The number of rotatable bonds is 4. The van der Waals surface area contributed by atoms with Crippen molar-refractivity contribution < 1.29 is 18.1 Å². The molecule has 0 bridgehead atoms. The Hall–Kier alpha value is -2.00. The molecule has 8 nitrogen and oxygen atoms in total. The van der Waals surface area contributed by atoms with Crippen molar-refractivity contribution in [2.75, 3.05) is 26.2 Å². The molecular weight excluding hydrogens is 394 g/mol. The van der Waals surface area contributed by atoms with Crippen LogP contribution in [0.15, 0.2) is 23.1 Å². The Bertz CT molecular complexity index is 883. The zero-order valence-corrected chi connectivity index (χ0v) is 18.0. The first-order valence-corrected chi connectivity index (χ1v) is 11.6. The second-order valence-corrected chi connectivity index (χ2v) is 10.5. The Morgan fingerprint density at radius 1 is 1.14 bits per heavy atom. The van der Waals surface area contributed by atoms with Gasteiger partial charge >= 0.3 is 0 Å². The van der Waals surface area contributed by atoms with Crippen LogP contribution < -0.4 is 0 Å². The minimum atomic E-state index is -3.84. The lowest BCUT2D eigenvalue weighted by Crippen LogP contribution is -2.48. The molecule has 1 aromatic rings. The third-order valence-corrected chi connectivity index (χ3v) is 8.02. The van der Waals surface area contributed by atoms with Gasteiger partial charge < -0.3 is 4.90 Å². The fraction of sp³-hybridized carbons (Fsp3) is 0.650. The summed E-state index contributed by atoms with van der Waals surface area (Å²) >= 11 is 0. The fourth-order valence-electron chi connectivity index (χ4n) is 4.56. The first-order valence-electron chi connectivity index (χ1n) is 10.1. The molecule has 3 rings (SSSR count). The molecule has 0 aliphatic carbocycles. The largest absolute Gasteiger partial charge is 0.342 e. The molecule has 2 fully saturated rings. The van der Waals surface area contributed by atoms with Crippen LogP contribution in [0.2, 0.25) is 0 Å². The van der Waals surface area contributed by atoms with E-state index in [1.54, 1.807) is 6.92 Å². The van der Waals surface area contributed by atoms with Gasteiger partial charge in [-0.2, -0.15) is 4.31 Å². The highest BCUT2D eigenvalue weighted by Gasteiger charge is 2.36. The molecule has 0 saturated carbocycles. The van der Waals surface area contributed by atoms with E-state index in [0.717, 1.165) is 25.6 Å². The lowest BCUT2D eigenvalue weighted by molar-refractivity contribution is -0.385. The van der Waals surface area contributed by atoms with Crippen LogP contribution >= 0.6 is 0 Å². The van der Waals surface area contributed by atoms with Gasteiger partial charge in [-0.25, -0.2) is 8.42 Å². The number of non-ortho nitro benzene ring substituents is 1. The molecule has 0 N–H and O–H groups in total. The summed E-state index contributed by atoms with van der Waals surface area (Å²) in [5.41, 5.74) is 0.234. The molecule has 1 aromatic carbocycles. The molecule has 2 heterocycles. The molecule has 2 aliphatic rings. The molecule has 2 unspecified atom stereocenters. The number of piperidine rings is 2. The van der Waals surface area contributed by atoms with Gasteiger partial charge in [0.25, 0.3) is 5.69 Å².